The second kappa shape index (κ2) is 10.2. The number of anilines is 2. The number of urea groups is 1. The Kier molecular flexibility index (Phi) is 7.37. The van der Waals surface area contributed by atoms with E-state index in [4.69, 9.17) is 4.74 Å². The minimum Gasteiger partial charge on any atom is -0.490 e. The molecular formula is C21H30N6O2. The van der Waals surface area contributed by atoms with Crippen molar-refractivity contribution in [1.29, 1.82) is 0 Å². The summed E-state index contributed by atoms with van der Waals surface area (Å²) in [5, 5.41) is 9.04. The highest BCUT2D eigenvalue weighted by Gasteiger charge is 2.18. The lowest BCUT2D eigenvalue weighted by molar-refractivity contribution is 0.149. The number of hydrogen-bond acceptors (Lipinski definition) is 6. The number of amides is 2. The number of aromatic nitrogens is 2. The Morgan fingerprint density at radius 1 is 1.24 bits per heavy atom. The number of carbonyl (C=O) groups is 1. The Bertz CT molecular complexity index is 811. The van der Waals surface area contributed by atoms with E-state index < -0.39 is 0 Å². The first-order valence-corrected chi connectivity index (χ1v) is 10.0. The van der Waals surface area contributed by atoms with Crippen molar-refractivity contribution in [2.45, 2.75) is 32.7 Å². The fraction of sp³-hybridized carbons (Fsp3) is 0.476. The largest absolute Gasteiger partial charge is 0.490 e. The summed E-state index contributed by atoms with van der Waals surface area (Å²) < 4.78 is 6.11. The third-order valence-corrected chi connectivity index (χ3v) is 4.95. The molecule has 1 unspecified atom stereocenters. The maximum atomic E-state index is 12.4. The molecule has 0 spiro atoms. The van der Waals surface area contributed by atoms with Gasteiger partial charge in [0, 0.05) is 6.54 Å². The molecule has 2 heterocycles. The number of hydrogen-bond donors (Lipinski definition) is 3. The van der Waals surface area contributed by atoms with Gasteiger partial charge in [-0.3, -0.25) is 15.2 Å². The molecule has 8 nitrogen and oxygen atoms in total. The molecule has 1 aromatic carbocycles. The summed E-state index contributed by atoms with van der Waals surface area (Å²) >= 11 is 0. The second-order valence-corrected chi connectivity index (χ2v) is 7.48. The van der Waals surface area contributed by atoms with Crippen molar-refractivity contribution < 1.29 is 9.53 Å². The van der Waals surface area contributed by atoms with Crippen molar-refractivity contribution in [1.82, 2.24) is 20.2 Å². The number of rotatable bonds is 5. The summed E-state index contributed by atoms with van der Waals surface area (Å²) in [5.41, 5.74) is 2.45. The first-order chi connectivity index (χ1) is 14.0. The van der Waals surface area contributed by atoms with Crippen LogP contribution in [0.25, 0.3) is 0 Å². The summed E-state index contributed by atoms with van der Waals surface area (Å²) in [5.74, 6) is 1.04. The van der Waals surface area contributed by atoms with Crippen LogP contribution < -0.4 is 20.7 Å². The number of nitrogens with zero attached hydrogens (tertiary/aromatic N) is 3. The molecular weight excluding hydrogens is 368 g/mol. The van der Waals surface area contributed by atoms with E-state index in [2.05, 4.69) is 37.9 Å². The summed E-state index contributed by atoms with van der Waals surface area (Å²) in [6, 6.07) is 5.66. The predicted octanol–water partition coefficient (Wildman–Crippen LogP) is 2.80. The fourth-order valence-corrected chi connectivity index (χ4v) is 3.18. The smallest absolute Gasteiger partial charge is 0.324 e. The molecule has 1 aliphatic rings. The number of nitrogens with one attached hydrogen (secondary N) is 3. The molecule has 156 valence electrons. The molecule has 0 bridgehead atoms. The van der Waals surface area contributed by atoms with E-state index in [0.29, 0.717) is 23.9 Å². The molecule has 1 saturated heterocycles. The zero-order valence-electron chi connectivity index (χ0n) is 17.4. The average molecular weight is 399 g/mol. The van der Waals surface area contributed by atoms with Crippen LogP contribution in [0.1, 0.15) is 24.1 Å². The highest BCUT2D eigenvalue weighted by atomic mass is 16.5. The molecule has 0 saturated carbocycles. The van der Waals surface area contributed by atoms with Crippen LogP contribution in [0.15, 0.2) is 30.6 Å². The van der Waals surface area contributed by atoms with Crippen LogP contribution in [0.2, 0.25) is 0 Å². The van der Waals surface area contributed by atoms with Gasteiger partial charge in [-0.2, -0.15) is 0 Å². The standard InChI is InChI=1S/C21H30N6O2/c1-15-6-7-19(29-14-17-12-22-8-4-5-9-27(17)3)18(10-15)25-21(28)26-20-13-23-16(2)11-24-20/h6-7,10-11,13,17,22H,4-5,8-9,12,14H2,1-3H3,(H2,24,25,26,28). The van der Waals surface area contributed by atoms with E-state index in [1.54, 1.807) is 6.20 Å². The molecule has 3 rings (SSSR count). The van der Waals surface area contributed by atoms with E-state index >= 15 is 0 Å². The van der Waals surface area contributed by atoms with Gasteiger partial charge in [0.15, 0.2) is 5.82 Å². The Balaban J connectivity index is 1.63. The van der Waals surface area contributed by atoms with Crippen molar-refractivity contribution in [3.63, 3.8) is 0 Å². The minimum atomic E-state index is -0.386. The van der Waals surface area contributed by atoms with Crippen molar-refractivity contribution in [3.8, 4) is 5.75 Å². The molecule has 0 radical (unpaired) electrons. The van der Waals surface area contributed by atoms with Gasteiger partial charge >= 0.3 is 6.03 Å². The lowest BCUT2D eigenvalue weighted by Crippen LogP contribution is -2.46. The Morgan fingerprint density at radius 2 is 2.10 bits per heavy atom. The highest BCUT2D eigenvalue weighted by Crippen LogP contribution is 2.26. The summed E-state index contributed by atoms with van der Waals surface area (Å²) in [6.07, 6.45) is 5.51. The first kappa shape index (κ1) is 21.0. The third kappa shape index (κ3) is 6.40. The summed E-state index contributed by atoms with van der Waals surface area (Å²) in [7, 11) is 2.13. The Hall–Kier alpha value is -2.71. The molecule has 2 aromatic rings. The van der Waals surface area contributed by atoms with Gasteiger partial charge in [-0.1, -0.05) is 6.07 Å². The predicted molar refractivity (Wildman–Crippen MR) is 115 cm³/mol. The highest BCUT2D eigenvalue weighted by molar-refractivity contribution is 6.00. The van der Waals surface area contributed by atoms with Gasteiger partial charge in [0.05, 0.1) is 29.8 Å². The lowest BCUT2D eigenvalue weighted by atomic mass is 10.2. The van der Waals surface area contributed by atoms with Gasteiger partial charge in [-0.15, -0.1) is 0 Å². The van der Waals surface area contributed by atoms with Gasteiger partial charge in [0.2, 0.25) is 0 Å². The SMILES string of the molecule is Cc1ccc(OCC2CNCCCCN2C)c(NC(=O)Nc2cnc(C)cn2)c1. The minimum absolute atomic E-state index is 0.279. The molecule has 8 heteroatoms. The maximum absolute atomic E-state index is 12.4. The zero-order chi connectivity index (χ0) is 20.6. The lowest BCUT2D eigenvalue weighted by Gasteiger charge is -2.30. The normalized spacial score (nSPS) is 17.8. The van der Waals surface area contributed by atoms with Crippen LogP contribution in [0, 0.1) is 13.8 Å². The second-order valence-electron chi connectivity index (χ2n) is 7.48. The van der Waals surface area contributed by atoms with Crippen molar-refractivity contribution in [3.05, 3.63) is 41.9 Å². The van der Waals surface area contributed by atoms with Crippen molar-refractivity contribution >= 4 is 17.5 Å². The van der Waals surface area contributed by atoms with E-state index in [1.165, 1.54) is 19.0 Å². The zero-order valence-corrected chi connectivity index (χ0v) is 17.4. The quantitative estimate of drug-likeness (QED) is 0.717. The van der Waals surface area contributed by atoms with Crippen LogP contribution in [0.5, 0.6) is 5.75 Å². The Labute approximate surface area is 172 Å². The number of likely N-dealkylation sites (N-methyl/N-ethyl adjacent to an activating group) is 1. The monoisotopic (exact) mass is 398 g/mol. The average Bonchev–Trinajstić information content (AvgIpc) is 2.68. The first-order valence-electron chi connectivity index (χ1n) is 10.0. The molecule has 1 fully saturated rings. The molecule has 3 N–H and O–H groups in total. The van der Waals surface area contributed by atoms with Crippen molar-refractivity contribution in [2.75, 3.05) is 43.9 Å². The molecule has 1 atom stereocenters. The van der Waals surface area contributed by atoms with Crippen LogP contribution in [-0.4, -0.2) is 60.2 Å². The van der Waals surface area contributed by atoms with Crippen LogP contribution in [-0.2, 0) is 0 Å². The van der Waals surface area contributed by atoms with Gasteiger partial charge < -0.3 is 15.4 Å². The maximum Gasteiger partial charge on any atom is 0.324 e. The summed E-state index contributed by atoms with van der Waals surface area (Å²) in [4.78, 5) is 23.0. The van der Waals surface area contributed by atoms with E-state index in [1.807, 2.05) is 32.0 Å². The number of ether oxygens (including phenoxy) is 1. The Morgan fingerprint density at radius 3 is 2.90 bits per heavy atom. The van der Waals surface area contributed by atoms with Gasteiger partial charge in [-0.05, 0) is 64.5 Å². The van der Waals surface area contributed by atoms with Gasteiger partial charge in [0.1, 0.15) is 12.4 Å². The molecule has 1 aliphatic heterocycles. The van der Waals surface area contributed by atoms with Crippen LogP contribution >= 0.6 is 0 Å². The topological polar surface area (TPSA) is 91.4 Å². The van der Waals surface area contributed by atoms with Gasteiger partial charge in [0.25, 0.3) is 0 Å². The van der Waals surface area contributed by atoms with E-state index in [9.17, 15) is 4.79 Å². The number of carbonyl (C=O) groups excluding carboxylic acids is 1. The third-order valence-electron chi connectivity index (χ3n) is 4.95. The fourth-order valence-electron chi connectivity index (χ4n) is 3.18. The number of benzene rings is 1. The molecule has 29 heavy (non-hydrogen) atoms. The van der Waals surface area contributed by atoms with E-state index in [-0.39, 0.29) is 12.1 Å². The molecule has 1 aromatic heterocycles. The van der Waals surface area contributed by atoms with Crippen molar-refractivity contribution in [2.24, 2.45) is 0 Å². The van der Waals surface area contributed by atoms with Crippen LogP contribution in [0.4, 0.5) is 16.3 Å². The summed E-state index contributed by atoms with van der Waals surface area (Å²) in [6.45, 7) is 7.36. The van der Waals surface area contributed by atoms with Crippen LogP contribution in [0.3, 0.4) is 0 Å². The van der Waals surface area contributed by atoms with E-state index in [0.717, 1.165) is 30.9 Å². The molecule has 2 amide bonds. The number of aryl methyl sites for hydroxylation is 2. The molecule has 0 aliphatic carbocycles. The van der Waals surface area contributed by atoms with Gasteiger partial charge in [-0.25, -0.2) is 9.78 Å².